The summed E-state index contributed by atoms with van der Waals surface area (Å²) in [5, 5.41) is 10.1. The second-order valence-corrected chi connectivity index (χ2v) is 5.27. The lowest BCUT2D eigenvalue weighted by Gasteiger charge is -2.07. The molecule has 0 unspecified atom stereocenters. The van der Waals surface area contributed by atoms with E-state index in [9.17, 15) is 4.79 Å². The van der Waals surface area contributed by atoms with Gasteiger partial charge in [0.1, 0.15) is 0 Å². The molecule has 0 saturated heterocycles. The van der Waals surface area contributed by atoms with E-state index in [1.807, 2.05) is 0 Å². The van der Waals surface area contributed by atoms with Crippen LogP contribution < -0.4 is 0 Å². The van der Waals surface area contributed by atoms with Gasteiger partial charge in [-0.2, -0.15) is 0 Å². The molecule has 0 aliphatic heterocycles. The lowest BCUT2D eigenvalue weighted by atomic mass is 10.3. The fraction of sp³-hybridized carbons (Fsp3) is 0.545. The minimum Gasteiger partial charge on any atom is -0.477 e. The van der Waals surface area contributed by atoms with Crippen molar-refractivity contribution in [1.29, 1.82) is 0 Å². The molecule has 1 aliphatic rings. The van der Waals surface area contributed by atoms with Crippen molar-refractivity contribution in [2.24, 2.45) is 0 Å². The number of rotatable bonds is 3. The molecular weight excluding hydrogens is 224 g/mol. The van der Waals surface area contributed by atoms with Crippen LogP contribution in [0.2, 0.25) is 0 Å². The molecule has 0 bridgehead atoms. The van der Waals surface area contributed by atoms with E-state index in [4.69, 9.17) is 5.11 Å². The first-order chi connectivity index (χ1) is 7.65. The van der Waals surface area contributed by atoms with Gasteiger partial charge in [0.2, 0.25) is 0 Å². The average Bonchev–Trinajstić information content (AvgIpc) is 2.69. The predicted octanol–water partition coefficient (Wildman–Crippen LogP) is 2.52. The van der Waals surface area contributed by atoms with E-state index < -0.39 is 5.97 Å². The summed E-state index contributed by atoms with van der Waals surface area (Å²) in [7, 11) is 0. The number of aromatic carboxylic acids is 1. The molecule has 0 radical (unpaired) electrons. The van der Waals surface area contributed by atoms with Crippen molar-refractivity contribution < 1.29 is 9.90 Å². The summed E-state index contributed by atoms with van der Waals surface area (Å²) >= 11 is 1.61. The van der Waals surface area contributed by atoms with Crippen molar-refractivity contribution in [1.82, 2.24) is 9.97 Å². The van der Waals surface area contributed by atoms with Gasteiger partial charge in [0.05, 0.1) is 0 Å². The predicted molar refractivity (Wildman–Crippen MR) is 61.8 cm³/mol. The Morgan fingerprint density at radius 3 is 2.75 bits per heavy atom. The number of hydrogen-bond donors (Lipinski definition) is 1. The van der Waals surface area contributed by atoms with Crippen molar-refractivity contribution in [3.05, 3.63) is 17.5 Å². The number of thioether (sulfide) groups is 1. The molecule has 1 heterocycles. The van der Waals surface area contributed by atoms with Crippen molar-refractivity contribution in [2.75, 3.05) is 0 Å². The highest BCUT2D eigenvalue weighted by molar-refractivity contribution is 7.99. The maximum atomic E-state index is 10.8. The molecule has 0 atom stereocenters. The van der Waals surface area contributed by atoms with Crippen molar-refractivity contribution in [2.45, 2.75) is 43.0 Å². The van der Waals surface area contributed by atoms with Gasteiger partial charge in [-0.3, -0.25) is 0 Å². The second-order valence-electron chi connectivity index (χ2n) is 4.01. The van der Waals surface area contributed by atoms with E-state index in [0.717, 1.165) is 0 Å². The van der Waals surface area contributed by atoms with Crippen LogP contribution in [-0.2, 0) is 0 Å². The Bertz CT molecular complexity index is 403. The molecule has 1 saturated carbocycles. The normalized spacial score (nSPS) is 16.6. The fourth-order valence-electron chi connectivity index (χ4n) is 1.86. The highest BCUT2D eigenvalue weighted by atomic mass is 32.2. The third-order valence-electron chi connectivity index (χ3n) is 2.63. The van der Waals surface area contributed by atoms with E-state index in [0.29, 0.717) is 16.1 Å². The molecule has 0 spiro atoms. The van der Waals surface area contributed by atoms with Crippen LogP contribution in [0.5, 0.6) is 0 Å². The third-order valence-corrected chi connectivity index (χ3v) is 3.83. The molecule has 0 aromatic carbocycles. The first-order valence-electron chi connectivity index (χ1n) is 5.41. The molecule has 1 aliphatic carbocycles. The van der Waals surface area contributed by atoms with Gasteiger partial charge >= 0.3 is 5.97 Å². The van der Waals surface area contributed by atoms with Gasteiger partial charge in [-0.25, -0.2) is 14.8 Å². The number of carboxylic acids is 1. The molecule has 1 N–H and O–H groups in total. The van der Waals surface area contributed by atoms with Crippen LogP contribution in [0.3, 0.4) is 0 Å². The van der Waals surface area contributed by atoms with Crippen molar-refractivity contribution in [3.63, 3.8) is 0 Å². The monoisotopic (exact) mass is 238 g/mol. The highest BCUT2D eigenvalue weighted by Crippen LogP contribution is 2.32. The first kappa shape index (κ1) is 11.4. The molecule has 4 nitrogen and oxygen atoms in total. The van der Waals surface area contributed by atoms with Gasteiger partial charge in [0.25, 0.3) is 0 Å². The summed E-state index contributed by atoms with van der Waals surface area (Å²) in [6.07, 6.45) is 4.89. The average molecular weight is 238 g/mol. The summed E-state index contributed by atoms with van der Waals surface area (Å²) in [5.74, 6) is -0.987. The topological polar surface area (TPSA) is 63.1 Å². The minimum atomic E-state index is -0.987. The molecular formula is C11H14N2O2S. The van der Waals surface area contributed by atoms with Gasteiger partial charge < -0.3 is 5.11 Å². The van der Waals surface area contributed by atoms with Gasteiger partial charge in [0.15, 0.2) is 10.9 Å². The van der Waals surface area contributed by atoms with Gasteiger partial charge in [0, 0.05) is 10.9 Å². The molecule has 1 fully saturated rings. The number of aromatic nitrogens is 2. The van der Waals surface area contributed by atoms with Crippen molar-refractivity contribution in [3.8, 4) is 0 Å². The number of nitrogens with zero attached hydrogens (tertiary/aromatic N) is 2. The van der Waals surface area contributed by atoms with Crippen LogP contribution in [0.15, 0.2) is 11.2 Å². The van der Waals surface area contributed by atoms with E-state index in [1.54, 1.807) is 18.7 Å². The molecule has 86 valence electrons. The van der Waals surface area contributed by atoms with Crippen LogP contribution in [0, 0.1) is 6.92 Å². The fourth-order valence-corrected chi connectivity index (χ4v) is 3.07. The number of carbonyl (C=O) groups is 1. The lowest BCUT2D eigenvalue weighted by molar-refractivity contribution is 0.0689. The first-order valence-corrected chi connectivity index (χ1v) is 6.29. The number of carboxylic acid groups (broad SMARTS) is 1. The third kappa shape index (κ3) is 2.72. The van der Waals surface area contributed by atoms with Crippen LogP contribution in [0.4, 0.5) is 0 Å². The van der Waals surface area contributed by atoms with E-state index >= 15 is 0 Å². The van der Waals surface area contributed by atoms with E-state index in [2.05, 4.69) is 9.97 Å². The maximum absolute atomic E-state index is 10.8. The number of aryl methyl sites for hydroxylation is 1. The Kier molecular flexibility index (Phi) is 3.43. The second kappa shape index (κ2) is 4.82. The van der Waals surface area contributed by atoms with Crippen LogP contribution in [-0.4, -0.2) is 26.3 Å². The molecule has 5 heteroatoms. The number of hydrogen-bond acceptors (Lipinski definition) is 4. The summed E-state index contributed by atoms with van der Waals surface area (Å²) in [6, 6.07) is 1.50. The molecule has 2 rings (SSSR count). The van der Waals surface area contributed by atoms with Crippen LogP contribution in [0.1, 0.15) is 41.9 Å². The minimum absolute atomic E-state index is 0.0907. The van der Waals surface area contributed by atoms with Crippen LogP contribution >= 0.6 is 11.8 Å². The Morgan fingerprint density at radius 1 is 1.44 bits per heavy atom. The zero-order valence-electron chi connectivity index (χ0n) is 9.14. The van der Waals surface area contributed by atoms with Crippen LogP contribution in [0.25, 0.3) is 0 Å². The smallest absolute Gasteiger partial charge is 0.354 e. The maximum Gasteiger partial charge on any atom is 0.354 e. The Labute approximate surface area is 98.5 Å². The zero-order chi connectivity index (χ0) is 11.5. The summed E-state index contributed by atoms with van der Waals surface area (Å²) < 4.78 is 0. The SMILES string of the molecule is Cc1cc(C(=O)O)nc(SC2CCCC2)n1. The largest absolute Gasteiger partial charge is 0.477 e. The summed E-state index contributed by atoms with van der Waals surface area (Å²) in [4.78, 5) is 19.2. The Hall–Kier alpha value is -1.10. The van der Waals surface area contributed by atoms with E-state index in [-0.39, 0.29) is 5.69 Å². The lowest BCUT2D eigenvalue weighted by Crippen LogP contribution is -2.05. The van der Waals surface area contributed by atoms with Gasteiger partial charge in [-0.15, -0.1) is 0 Å². The van der Waals surface area contributed by atoms with E-state index in [1.165, 1.54) is 31.7 Å². The Morgan fingerprint density at radius 2 is 2.12 bits per heavy atom. The summed E-state index contributed by atoms with van der Waals surface area (Å²) in [5.41, 5.74) is 0.806. The Balaban J connectivity index is 2.16. The van der Waals surface area contributed by atoms with Gasteiger partial charge in [-0.05, 0) is 25.8 Å². The quantitative estimate of drug-likeness (QED) is 0.820. The van der Waals surface area contributed by atoms with Crippen molar-refractivity contribution >= 4 is 17.7 Å². The molecule has 1 aromatic heterocycles. The molecule has 16 heavy (non-hydrogen) atoms. The summed E-state index contributed by atoms with van der Waals surface area (Å²) in [6.45, 7) is 1.80. The van der Waals surface area contributed by atoms with Gasteiger partial charge in [-0.1, -0.05) is 24.6 Å². The standard InChI is InChI=1S/C11H14N2O2S/c1-7-6-9(10(14)15)13-11(12-7)16-8-4-2-3-5-8/h6,8H,2-5H2,1H3,(H,14,15). The molecule has 0 amide bonds. The highest BCUT2D eigenvalue weighted by Gasteiger charge is 2.18. The molecule has 1 aromatic rings. The zero-order valence-corrected chi connectivity index (χ0v) is 9.96.